The average molecular weight is 277 g/mol. The molecule has 0 aromatic carbocycles. The fraction of sp³-hybridized carbons (Fsp3) is 0.444. The third-order valence-electron chi connectivity index (χ3n) is 2.60. The smallest absolute Gasteiger partial charge is 0.326 e. The van der Waals surface area contributed by atoms with E-state index in [1.807, 2.05) is 4.90 Å². The minimum absolute atomic E-state index is 0.00887. The summed E-state index contributed by atoms with van der Waals surface area (Å²) in [5, 5.41) is -0.00887. The number of likely N-dealkylation sites (tertiary alicyclic amines) is 1. The van der Waals surface area contributed by atoms with Crippen molar-refractivity contribution in [3.8, 4) is 0 Å². The second kappa shape index (κ2) is 4.93. The van der Waals surface area contributed by atoms with Crippen LogP contribution >= 0.6 is 23.4 Å². The first-order chi connectivity index (χ1) is 8.11. The lowest BCUT2D eigenvalue weighted by molar-refractivity contribution is 0.441. The first-order valence-electron chi connectivity index (χ1n) is 5.05. The Morgan fingerprint density at radius 1 is 1.35 bits per heavy atom. The number of aromatic amines is 2. The molecule has 1 aromatic rings. The molecule has 17 heavy (non-hydrogen) atoms. The molecule has 1 saturated heterocycles. The van der Waals surface area contributed by atoms with Gasteiger partial charge in [0.2, 0.25) is 0 Å². The van der Waals surface area contributed by atoms with E-state index in [0.717, 1.165) is 25.2 Å². The minimum atomic E-state index is -0.589. The van der Waals surface area contributed by atoms with Gasteiger partial charge in [0, 0.05) is 24.7 Å². The minimum Gasteiger partial charge on any atom is -0.353 e. The molecule has 2 rings (SSSR count). The van der Waals surface area contributed by atoms with Gasteiger partial charge in [-0.05, 0) is 6.42 Å². The summed E-state index contributed by atoms with van der Waals surface area (Å²) in [5.41, 5.74) is -0.785. The van der Waals surface area contributed by atoms with Crippen molar-refractivity contribution in [2.24, 2.45) is 4.51 Å². The number of nitrogens with zero attached hydrogens (tertiary/aromatic N) is 2. The summed E-state index contributed by atoms with van der Waals surface area (Å²) in [5.74, 6) is 0.740. The summed E-state index contributed by atoms with van der Waals surface area (Å²) < 4.78 is 3.63. The molecule has 0 bridgehead atoms. The van der Waals surface area contributed by atoms with Crippen molar-refractivity contribution in [2.75, 3.05) is 6.54 Å². The van der Waals surface area contributed by atoms with Gasteiger partial charge in [0.25, 0.3) is 5.56 Å². The molecule has 0 aliphatic carbocycles. The Labute approximate surface area is 106 Å². The van der Waals surface area contributed by atoms with Gasteiger partial charge in [-0.1, -0.05) is 11.6 Å². The van der Waals surface area contributed by atoms with Crippen LogP contribution < -0.4 is 11.2 Å². The zero-order valence-corrected chi connectivity index (χ0v) is 10.3. The lowest BCUT2D eigenvalue weighted by Crippen LogP contribution is -2.30. The molecule has 92 valence electrons. The van der Waals surface area contributed by atoms with Crippen molar-refractivity contribution in [2.45, 2.75) is 19.4 Å². The predicted octanol–water partition coefficient (Wildman–Crippen LogP) is 0.865. The Kier molecular flexibility index (Phi) is 3.54. The van der Waals surface area contributed by atoms with Gasteiger partial charge in [0.15, 0.2) is 0 Å². The predicted molar refractivity (Wildman–Crippen MR) is 65.6 cm³/mol. The summed E-state index contributed by atoms with van der Waals surface area (Å²) >= 11 is 11.3. The zero-order valence-electron chi connectivity index (χ0n) is 8.80. The van der Waals surface area contributed by atoms with Crippen molar-refractivity contribution in [1.82, 2.24) is 14.9 Å². The summed E-state index contributed by atoms with van der Waals surface area (Å²) in [6, 6.07) is 0. The second-order valence-corrected chi connectivity index (χ2v) is 4.27. The molecular weight excluding hydrogens is 267 g/mol. The molecule has 1 aliphatic heterocycles. The maximum atomic E-state index is 11.3. The third-order valence-corrected chi connectivity index (χ3v) is 3.19. The molecule has 0 saturated carbocycles. The maximum Gasteiger partial charge on any atom is 0.326 e. The number of amidine groups is 1. The lowest BCUT2D eigenvalue weighted by atomic mass is 10.3. The monoisotopic (exact) mass is 276 g/mol. The van der Waals surface area contributed by atoms with Gasteiger partial charge in [-0.15, -0.1) is 0 Å². The van der Waals surface area contributed by atoms with Crippen LogP contribution in [0.15, 0.2) is 14.1 Å². The van der Waals surface area contributed by atoms with E-state index in [4.69, 9.17) is 23.4 Å². The number of H-pyrrole nitrogens is 2. The Morgan fingerprint density at radius 3 is 2.82 bits per heavy atom. The normalized spacial score (nSPS) is 18.0. The van der Waals surface area contributed by atoms with E-state index in [1.165, 1.54) is 0 Å². The van der Waals surface area contributed by atoms with Crippen LogP contribution in [0.4, 0.5) is 0 Å². The molecule has 0 unspecified atom stereocenters. The van der Waals surface area contributed by atoms with E-state index in [-0.39, 0.29) is 5.02 Å². The standard InChI is InChI=1S/C9H10Cl2N4O2/c10-7-5(12-9(17)13-8(7)16)4-15-3-1-2-6(15)14-11/h1-4H2,(H2,12,13,16,17). The van der Waals surface area contributed by atoms with Gasteiger partial charge >= 0.3 is 5.69 Å². The summed E-state index contributed by atoms with van der Waals surface area (Å²) in [7, 11) is 0. The topological polar surface area (TPSA) is 81.3 Å². The molecule has 1 fully saturated rings. The van der Waals surface area contributed by atoms with Gasteiger partial charge in [0.05, 0.1) is 12.2 Å². The largest absolute Gasteiger partial charge is 0.353 e. The van der Waals surface area contributed by atoms with Gasteiger partial charge in [-0.2, -0.15) is 4.51 Å². The molecule has 0 amide bonds. The highest BCUT2D eigenvalue weighted by molar-refractivity contribution is 6.31. The van der Waals surface area contributed by atoms with Crippen molar-refractivity contribution in [3.63, 3.8) is 0 Å². The summed E-state index contributed by atoms with van der Waals surface area (Å²) in [6.45, 7) is 1.10. The highest BCUT2D eigenvalue weighted by Gasteiger charge is 2.20. The third kappa shape index (κ3) is 2.53. The number of hydrogen-bond acceptors (Lipinski definition) is 3. The molecule has 2 heterocycles. The van der Waals surface area contributed by atoms with E-state index in [2.05, 4.69) is 14.5 Å². The Hall–Kier alpha value is -1.27. The molecular formula is C9H10Cl2N4O2. The van der Waals surface area contributed by atoms with E-state index in [1.54, 1.807) is 0 Å². The van der Waals surface area contributed by atoms with Gasteiger partial charge in [0.1, 0.15) is 10.9 Å². The molecule has 1 aliphatic rings. The Morgan fingerprint density at radius 2 is 2.12 bits per heavy atom. The van der Waals surface area contributed by atoms with Crippen LogP contribution in [0.2, 0.25) is 5.02 Å². The van der Waals surface area contributed by atoms with Crippen LogP contribution in [-0.4, -0.2) is 27.2 Å². The summed E-state index contributed by atoms with van der Waals surface area (Å²) in [4.78, 5) is 28.9. The van der Waals surface area contributed by atoms with Crippen LogP contribution in [0.1, 0.15) is 18.5 Å². The van der Waals surface area contributed by atoms with E-state index in [0.29, 0.717) is 12.2 Å². The highest BCUT2D eigenvalue weighted by Crippen LogP contribution is 2.17. The lowest BCUT2D eigenvalue weighted by Gasteiger charge is -2.17. The molecule has 0 spiro atoms. The summed E-state index contributed by atoms with van der Waals surface area (Å²) in [6.07, 6.45) is 1.73. The van der Waals surface area contributed by atoms with Crippen LogP contribution in [-0.2, 0) is 6.54 Å². The van der Waals surface area contributed by atoms with Crippen LogP contribution in [0.25, 0.3) is 0 Å². The SMILES string of the molecule is O=c1[nH]c(CN2CCCC2=NCl)c(Cl)c(=O)[nH]1. The Bertz CT molecular complexity index is 563. The van der Waals surface area contributed by atoms with Crippen molar-refractivity contribution >= 4 is 29.2 Å². The van der Waals surface area contributed by atoms with E-state index < -0.39 is 11.2 Å². The van der Waals surface area contributed by atoms with Crippen molar-refractivity contribution in [3.05, 3.63) is 31.6 Å². The van der Waals surface area contributed by atoms with Crippen molar-refractivity contribution in [1.29, 1.82) is 0 Å². The number of hydrogen-bond donors (Lipinski definition) is 2. The maximum absolute atomic E-state index is 11.3. The number of rotatable bonds is 2. The highest BCUT2D eigenvalue weighted by atomic mass is 35.5. The van der Waals surface area contributed by atoms with Crippen LogP contribution in [0, 0.1) is 0 Å². The molecule has 0 radical (unpaired) electrons. The van der Waals surface area contributed by atoms with Gasteiger partial charge in [-0.25, -0.2) is 4.79 Å². The van der Waals surface area contributed by atoms with Crippen LogP contribution in [0.3, 0.4) is 0 Å². The number of nitrogens with one attached hydrogen (secondary N) is 2. The fourth-order valence-electron chi connectivity index (χ4n) is 1.80. The van der Waals surface area contributed by atoms with Gasteiger partial charge < -0.3 is 9.88 Å². The van der Waals surface area contributed by atoms with Crippen LogP contribution in [0.5, 0.6) is 0 Å². The zero-order chi connectivity index (χ0) is 12.4. The molecule has 6 nitrogen and oxygen atoms in total. The first-order valence-corrected chi connectivity index (χ1v) is 5.77. The fourth-order valence-corrected chi connectivity index (χ4v) is 2.14. The Balaban J connectivity index is 2.30. The number of halogens is 2. The first kappa shape index (κ1) is 12.2. The molecule has 0 atom stereocenters. The van der Waals surface area contributed by atoms with Gasteiger partial charge in [-0.3, -0.25) is 9.78 Å². The van der Waals surface area contributed by atoms with E-state index in [9.17, 15) is 9.59 Å². The average Bonchev–Trinajstić information content (AvgIpc) is 2.72. The second-order valence-electron chi connectivity index (χ2n) is 3.73. The quantitative estimate of drug-likeness (QED) is 0.841. The molecule has 2 N–H and O–H groups in total. The van der Waals surface area contributed by atoms with Crippen molar-refractivity contribution < 1.29 is 0 Å². The number of aromatic nitrogens is 2. The molecule has 8 heteroatoms. The molecule has 1 aromatic heterocycles. The van der Waals surface area contributed by atoms with E-state index >= 15 is 0 Å².